The molecule has 0 aliphatic heterocycles. The summed E-state index contributed by atoms with van der Waals surface area (Å²) in [5.41, 5.74) is -0.493. The van der Waals surface area contributed by atoms with Crippen LogP contribution in [0.4, 0.5) is 0 Å². The Morgan fingerprint density at radius 2 is 2.24 bits per heavy atom. The van der Waals surface area contributed by atoms with Gasteiger partial charge >= 0.3 is 5.97 Å². The molecule has 0 aromatic carbocycles. The molecule has 1 aromatic rings. The summed E-state index contributed by atoms with van der Waals surface area (Å²) in [6.07, 6.45) is 1.17. The minimum Gasteiger partial charge on any atom is -0.481 e. The van der Waals surface area contributed by atoms with E-state index in [0.717, 1.165) is 0 Å². The standard InChI is InChI=1S/C10H13N3O4/c1-10(2)6(7(10)9(15)16)8(14)11-3-5-12-4-17-13-5/h4,6-7H,3H2,1-2H3,(H,11,14)(H,15,16). The maximum atomic E-state index is 11.8. The molecule has 7 nitrogen and oxygen atoms in total. The first kappa shape index (κ1) is 11.6. The van der Waals surface area contributed by atoms with Crippen LogP contribution >= 0.6 is 0 Å². The van der Waals surface area contributed by atoms with Crippen LogP contribution in [0.3, 0.4) is 0 Å². The van der Waals surface area contributed by atoms with Gasteiger partial charge in [0.2, 0.25) is 12.3 Å². The van der Waals surface area contributed by atoms with Gasteiger partial charge in [0, 0.05) is 0 Å². The average Bonchev–Trinajstić information content (AvgIpc) is 2.65. The van der Waals surface area contributed by atoms with E-state index in [1.54, 1.807) is 13.8 Å². The number of aliphatic carboxylic acids is 1. The third-order valence-electron chi connectivity index (χ3n) is 3.20. The molecule has 1 aromatic heterocycles. The number of carboxylic acid groups (broad SMARTS) is 1. The van der Waals surface area contributed by atoms with Gasteiger partial charge in [0.1, 0.15) is 0 Å². The Labute approximate surface area is 97.2 Å². The number of aromatic nitrogens is 2. The smallest absolute Gasteiger partial charge is 0.307 e. The quantitative estimate of drug-likeness (QED) is 0.768. The maximum absolute atomic E-state index is 11.8. The minimum absolute atomic E-state index is 0.147. The summed E-state index contributed by atoms with van der Waals surface area (Å²) >= 11 is 0. The molecular formula is C10H13N3O4. The lowest BCUT2D eigenvalue weighted by Gasteiger charge is -2.02. The number of rotatable bonds is 4. The number of amides is 1. The molecule has 1 aliphatic rings. The van der Waals surface area contributed by atoms with E-state index >= 15 is 0 Å². The normalized spacial score (nSPS) is 25.3. The molecule has 17 heavy (non-hydrogen) atoms. The second-order valence-corrected chi connectivity index (χ2v) is 4.68. The van der Waals surface area contributed by atoms with E-state index in [-0.39, 0.29) is 12.5 Å². The van der Waals surface area contributed by atoms with Gasteiger partial charge in [-0.3, -0.25) is 9.59 Å². The predicted molar refractivity (Wildman–Crippen MR) is 54.5 cm³/mol. The minimum atomic E-state index is -0.935. The third-order valence-corrected chi connectivity index (χ3v) is 3.20. The summed E-state index contributed by atoms with van der Waals surface area (Å²) in [4.78, 5) is 26.4. The van der Waals surface area contributed by atoms with Gasteiger partial charge in [-0.25, -0.2) is 0 Å². The van der Waals surface area contributed by atoms with Gasteiger partial charge in [0.05, 0.1) is 18.4 Å². The summed E-state index contributed by atoms with van der Waals surface area (Å²) in [5.74, 6) is -1.97. The third kappa shape index (κ3) is 2.00. The fourth-order valence-electron chi connectivity index (χ4n) is 2.13. The van der Waals surface area contributed by atoms with Gasteiger partial charge in [0.15, 0.2) is 5.82 Å². The number of carboxylic acids is 1. The van der Waals surface area contributed by atoms with Crippen molar-refractivity contribution >= 4 is 11.9 Å². The molecule has 1 heterocycles. The molecule has 92 valence electrons. The van der Waals surface area contributed by atoms with Crippen LogP contribution < -0.4 is 5.32 Å². The molecule has 0 bridgehead atoms. The molecule has 0 spiro atoms. The zero-order chi connectivity index (χ0) is 12.6. The molecule has 0 saturated heterocycles. The molecule has 0 radical (unpaired) electrons. The summed E-state index contributed by atoms with van der Waals surface area (Å²) in [5, 5.41) is 15.1. The molecule has 2 atom stereocenters. The lowest BCUT2D eigenvalue weighted by molar-refractivity contribution is -0.140. The van der Waals surface area contributed by atoms with Crippen molar-refractivity contribution in [3.63, 3.8) is 0 Å². The number of nitrogens with one attached hydrogen (secondary N) is 1. The van der Waals surface area contributed by atoms with Crippen LogP contribution in [-0.4, -0.2) is 27.1 Å². The van der Waals surface area contributed by atoms with Crippen LogP contribution in [0.2, 0.25) is 0 Å². The first-order chi connectivity index (χ1) is 7.94. The number of hydrogen-bond acceptors (Lipinski definition) is 5. The molecule has 2 N–H and O–H groups in total. The van der Waals surface area contributed by atoms with E-state index in [1.165, 1.54) is 6.39 Å². The first-order valence-electron chi connectivity index (χ1n) is 5.20. The molecule has 2 unspecified atom stereocenters. The highest BCUT2D eigenvalue weighted by Gasteiger charge is 2.65. The second kappa shape index (κ2) is 3.83. The summed E-state index contributed by atoms with van der Waals surface area (Å²) in [6, 6.07) is 0. The van der Waals surface area contributed by atoms with E-state index in [1.807, 2.05) is 0 Å². The van der Waals surface area contributed by atoms with E-state index in [2.05, 4.69) is 20.0 Å². The van der Waals surface area contributed by atoms with Crippen molar-refractivity contribution in [3.05, 3.63) is 12.2 Å². The van der Waals surface area contributed by atoms with Crippen LogP contribution in [0.25, 0.3) is 0 Å². The van der Waals surface area contributed by atoms with Crippen molar-refractivity contribution in [1.29, 1.82) is 0 Å². The fraction of sp³-hybridized carbons (Fsp3) is 0.600. The van der Waals surface area contributed by atoms with E-state index in [0.29, 0.717) is 5.82 Å². The average molecular weight is 239 g/mol. The van der Waals surface area contributed by atoms with Crippen molar-refractivity contribution in [2.45, 2.75) is 20.4 Å². The highest BCUT2D eigenvalue weighted by molar-refractivity contribution is 5.91. The van der Waals surface area contributed by atoms with Gasteiger partial charge < -0.3 is 14.9 Å². The van der Waals surface area contributed by atoms with Crippen molar-refractivity contribution in [1.82, 2.24) is 15.5 Å². The van der Waals surface area contributed by atoms with Gasteiger partial charge in [-0.15, -0.1) is 0 Å². The zero-order valence-corrected chi connectivity index (χ0v) is 9.51. The number of nitrogens with zero attached hydrogens (tertiary/aromatic N) is 2. The topological polar surface area (TPSA) is 105 Å². The molecule has 1 saturated carbocycles. The molecule has 1 fully saturated rings. The van der Waals surface area contributed by atoms with Crippen molar-refractivity contribution in [2.75, 3.05) is 0 Å². The van der Waals surface area contributed by atoms with E-state index in [9.17, 15) is 9.59 Å². The van der Waals surface area contributed by atoms with Crippen LogP contribution in [0, 0.1) is 17.3 Å². The SMILES string of the molecule is CC1(C)C(C(=O)O)C1C(=O)NCc1ncon1. The lowest BCUT2D eigenvalue weighted by Crippen LogP contribution is -2.27. The van der Waals surface area contributed by atoms with Crippen molar-refractivity contribution in [2.24, 2.45) is 17.3 Å². The zero-order valence-electron chi connectivity index (χ0n) is 9.51. The van der Waals surface area contributed by atoms with Crippen LogP contribution in [0.5, 0.6) is 0 Å². The highest BCUT2D eigenvalue weighted by atomic mass is 16.5. The summed E-state index contributed by atoms with van der Waals surface area (Å²) in [7, 11) is 0. The van der Waals surface area contributed by atoms with Gasteiger partial charge in [-0.2, -0.15) is 4.98 Å². The van der Waals surface area contributed by atoms with Gasteiger partial charge in [-0.1, -0.05) is 19.0 Å². The Morgan fingerprint density at radius 1 is 1.53 bits per heavy atom. The molecule has 2 rings (SSSR count). The largest absolute Gasteiger partial charge is 0.481 e. The van der Waals surface area contributed by atoms with Crippen LogP contribution in [0.15, 0.2) is 10.9 Å². The highest BCUT2D eigenvalue weighted by Crippen LogP contribution is 2.58. The number of carbonyl (C=O) groups is 2. The maximum Gasteiger partial charge on any atom is 0.307 e. The second-order valence-electron chi connectivity index (χ2n) is 4.68. The Hall–Kier alpha value is -1.92. The Kier molecular flexibility index (Phi) is 2.60. The summed E-state index contributed by atoms with van der Waals surface area (Å²) in [6.45, 7) is 3.68. The summed E-state index contributed by atoms with van der Waals surface area (Å²) < 4.78 is 4.52. The predicted octanol–water partition coefficient (Wildman–Crippen LogP) is 0.0426. The fourth-order valence-corrected chi connectivity index (χ4v) is 2.13. The Balaban J connectivity index is 1.92. The first-order valence-corrected chi connectivity index (χ1v) is 5.20. The van der Waals surface area contributed by atoms with Crippen LogP contribution in [0.1, 0.15) is 19.7 Å². The molecular weight excluding hydrogens is 226 g/mol. The molecule has 1 amide bonds. The van der Waals surface area contributed by atoms with Crippen molar-refractivity contribution < 1.29 is 19.2 Å². The Bertz CT molecular complexity index is 440. The lowest BCUT2D eigenvalue weighted by atomic mass is 10.1. The van der Waals surface area contributed by atoms with Crippen molar-refractivity contribution in [3.8, 4) is 0 Å². The number of carbonyl (C=O) groups excluding carboxylic acids is 1. The van der Waals surface area contributed by atoms with Gasteiger partial charge in [-0.05, 0) is 5.41 Å². The molecule has 7 heteroatoms. The van der Waals surface area contributed by atoms with Gasteiger partial charge in [0.25, 0.3) is 0 Å². The molecule has 1 aliphatic carbocycles. The Morgan fingerprint density at radius 3 is 2.71 bits per heavy atom. The monoisotopic (exact) mass is 239 g/mol. The van der Waals surface area contributed by atoms with E-state index < -0.39 is 23.2 Å². The van der Waals surface area contributed by atoms with Crippen LogP contribution in [-0.2, 0) is 16.1 Å². The number of hydrogen-bond donors (Lipinski definition) is 2. The van der Waals surface area contributed by atoms with E-state index in [4.69, 9.17) is 5.11 Å².